The number of ether oxygens (including phenoxy) is 1. The van der Waals surface area contributed by atoms with Gasteiger partial charge < -0.3 is 15.4 Å². The minimum atomic E-state index is -0.255. The topological polar surface area (TPSA) is 94.0 Å². The maximum atomic E-state index is 11.0. The SMILES string of the molecule is CC(=O)NCCCn1nnc(-c2ccc(C3=CC4(CCNCC4)Oc4ccccc43)cc2)n1. The van der Waals surface area contributed by atoms with Crippen molar-refractivity contribution in [3.63, 3.8) is 0 Å². The van der Waals surface area contributed by atoms with E-state index >= 15 is 0 Å². The van der Waals surface area contributed by atoms with Crippen LogP contribution in [0.3, 0.4) is 0 Å². The van der Waals surface area contributed by atoms with Gasteiger partial charge in [0.05, 0.1) is 6.54 Å². The first-order valence-electron chi connectivity index (χ1n) is 11.5. The maximum Gasteiger partial charge on any atom is 0.216 e. The Balaban J connectivity index is 1.36. The smallest absolute Gasteiger partial charge is 0.216 e. The molecule has 2 aliphatic rings. The third-order valence-electron chi connectivity index (χ3n) is 6.16. The number of rotatable bonds is 6. The van der Waals surface area contributed by atoms with Crippen LogP contribution in [0.5, 0.6) is 5.75 Å². The first kappa shape index (κ1) is 21.3. The molecule has 33 heavy (non-hydrogen) atoms. The van der Waals surface area contributed by atoms with Gasteiger partial charge in [0, 0.05) is 37.4 Å². The number of hydrogen-bond acceptors (Lipinski definition) is 6. The molecule has 8 heteroatoms. The van der Waals surface area contributed by atoms with Gasteiger partial charge in [-0.1, -0.05) is 42.5 Å². The number of fused-ring (bicyclic) bond motifs is 1. The predicted octanol–water partition coefficient (Wildman–Crippen LogP) is 2.81. The summed E-state index contributed by atoms with van der Waals surface area (Å²) in [7, 11) is 0. The predicted molar refractivity (Wildman–Crippen MR) is 126 cm³/mol. The van der Waals surface area contributed by atoms with E-state index < -0.39 is 0 Å². The minimum Gasteiger partial charge on any atom is -0.482 e. The molecule has 0 saturated carbocycles. The van der Waals surface area contributed by atoms with E-state index in [-0.39, 0.29) is 11.5 Å². The summed E-state index contributed by atoms with van der Waals surface area (Å²) in [6.07, 6.45) is 4.98. The molecule has 0 aliphatic carbocycles. The molecule has 3 aromatic rings. The summed E-state index contributed by atoms with van der Waals surface area (Å²) in [6.45, 7) is 4.62. The molecule has 0 bridgehead atoms. The van der Waals surface area contributed by atoms with Crippen molar-refractivity contribution >= 4 is 11.5 Å². The maximum absolute atomic E-state index is 11.0. The number of carbonyl (C=O) groups is 1. The number of aryl methyl sites for hydroxylation is 1. The molecular formula is C25H28N6O2. The van der Waals surface area contributed by atoms with Gasteiger partial charge in [-0.2, -0.15) is 4.80 Å². The zero-order chi connectivity index (χ0) is 22.7. The number of benzene rings is 2. The van der Waals surface area contributed by atoms with Gasteiger partial charge in [0.25, 0.3) is 0 Å². The highest BCUT2D eigenvalue weighted by Gasteiger charge is 2.36. The summed E-state index contributed by atoms with van der Waals surface area (Å²) in [5.41, 5.74) is 4.15. The molecule has 1 amide bonds. The second-order valence-electron chi connectivity index (χ2n) is 8.59. The molecule has 8 nitrogen and oxygen atoms in total. The highest BCUT2D eigenvalue weighted by atomic mass is 16.5. The monoisotopic (exact) mass is 444 g/mol. The Morgan fingerprint density at radius 2 is 1.88 bits per heavy atom. The van der Waals surface area contributed by atoms with Gasteiger partial charge in [-0.25, -0.2) is 0 Å². The highest BCUT2D eigenvalue weighted by Crippen LogP contribution is 2.42. The molecule has 2 aliphatic heterocycles. The molecule has 0 atom stereocenters. The largest absolute Gasteiger partial charge is 0.482 e. The fourth-order valence-corrected chi connectivity index (χ4v) is 4.44. The molecule has 3 heterocycles. The van der Waals surface area contributed by atoms with Crippen molar-refractivity contribution in [1.82, 2.24) is 30.8 Å². The fourth-order valence-electron chi connectivity index (χ4n) is 4.44. The van der Waals surface area contributed by atoms with E-state index in [9.17, 15) is 4.79 Å². The summed E-state index contributed by atoms with van der Waals surface area (Å²) >= 11 is 0. The van der Waals surface area contributed by atoms with Crippen molar-refractivity contribution in [2.75, 3.05) is 19.6 Å². The summed E-state index contributed by atoms with van der Waals surface area (Å²) in [6, 6.07) is 16.6. The molecule has 0 unspecified atom stereocenters. The minimum absolute atomic E-state index is 0.0318. The number of aromatic nitrogens is 4. The molecule has 2 N–H and O–H groups in total. The quantitative estimate of drug-likeness (QED) is 0.568. The van der Waals surface area contributed by atoms with Crippen LogP contribution in [0.1, 0.15) is 37.3 Å². The molecule has 1 aromatic heterocycles. The average molecular weight is 445 g/mol. The fraction of sp³-hybridized carbons (Fsp3) is 0.360. The zero-order valence-corrected chi connectivity index (χ0v) is 18.8. The van der Waals surface area contributed by atoms with Gasteiger partial charge in [0.2, 0.25) is 11.7 Å². The van der Waals surface area contributed by atoms with E-state index in [4.69, 9.17) is 4.74 Å². The third-order valence-corrected chi connectivity index (χ3v) is 6.16. The van der Waals surface area contributed by atoms with Crippen LogP contribution in [0.15, 0.2) is 54.6 Å². The number of para-hydroxylation sites is 1. The van der Waals surface area contributed by atoms with Crippen LogP contribution in [0, 0.1) is 0 Å². The van der Waals surface area contributed by atoms with Gasteiger partial charge in [0.15, 0.2) is 0 Å². The molecule has 2 aromatic carbocycles. The van der Waals surface area contributed by atoms with Crippen LogP contribution in [0.4, 0.5) is 0 Å². The van der Waals surface area contributed by atoms with Gasteiger partial charge in [-0.05, 0) is 48.0 Å². The lowest BCUT2D eigenvalue weighted by Gasteiger charge is -2.40. The molecule has 1 saturated heterocycles. The Kier molecular flexibility index (Phi) is 5.92. The van der Waals surface area contributed by atoms with Crippen molar-refractivity contribution in [1.29, 1.82) is 0 Å². The van der Waals surface area contributed by atoms with Crippen molar-refractivity contribution in [3.8, 4) is 17.1 Å². The standard InChI is InChI=1S/C25H28N6O2/c1-18(32)27-13-4-16-31-29-24(28-30-31)20-9-7-19(8-10-20)22-17-25(11-14-26-15-12-25)33-23-6-3-2-5-21(22)23/h2-3,5-10,17,26H,4,11-16H2,1H3,(H,27,32). The first-order chi connectivity index (χ1) is 16.1. The van der Waals surface area contributed by atoms with Crippen LogP contribution in [0.2, 0.25) is 0 Å². The lowest BCUT2D eigenvalue weighted by molar-refractivity contribution is -0.118. The second kappa shape index (κ2) is 9.15. The van der Waals surface area contributed by atoms with E-state index in [1.807, 2.05) is 18.2 Å². The van der Waals surface area contributed by atoms with Crippen LogP contribution in [-0.2, 0) is 11.3 Å². The van der Waals surface area contributed by atoms with Crippen LogP contribution >= 0.6 is 0 Å². The molecular weight excluding hydrogens is 416 g/mol. The summed E-state index contributed by atoms with van der Waals surface area (Å²) in [5, 5.41) is 19.0. The first-order valence-corrected chi connectivity index (χ1v) is 11.5. The van der Waals surface area contributed by atoms with Crippen molar-refractivity contribution < 1.29 is 9.53 Å². The molecule has 170 valence electrons. The lowest BCUT2D eigenvalue weighted by atomic mass is 9.83. The summed E-state index contributed by atoms with van der Waals surface area (Å²) < 4.78 is 6.49. The van der Waals surface area contributed by atoms with Gasteiger partial charge in [0.1, 0.15) is 11.4 Å². The number of nitrogens with one attached hydrogen (secondary N) is 2. The molecule has 1 spiro atoms. The Morgan fingerprint density at radius 3 is 2.67 bits per heavy atom. The highest BCUT2D eigenvalue weighted by molar-refractivity contribution is 5.85. The summed E-state index contributed by atoms with van der Waals surface area (Å²) in [4.78, 5) is 12.5. The Hall–Kier alpha value is -3.52. The Labute approximate surface area is 193 Å². The number of carbonyl (C=O) groups excluding carboxylic acids is 1. The number of hydrogen-bond donors (Lipinski definition) is 2. The van der Waals surface area contributed by atoms with E-state index in [0.29, 0.717) is 18.9 Å². The van der Waals surface area contributed by atoms with E-state index in [1.165, 1.54) is 12.5 Å². The van der Waals surface area contributed by atoms with Gasteiger partial charge in [-0.15, -0.1) is 10.2 Å². The molecule has 0 radical (unpaired) electrons. The van der Waals surface area contributed by atoms with Crippen molar-refractivity contribution in [3.05, 3.63) is 65.7 Å². The average Bonchev–Trinajstić information content (AvgIpc) is 3.31. The summed E-state index contributed by atoms with van der Waals surface area (Å²) in [5.74, 6) is 1.51. The Bertz CT molecular complexity index is 1160. The number of amides is 1. The normalized spacial score (nSPS) is 16.6. The van der Waals surface area contributed by atoms with Crippen molar-refractivity contribution in [2.24, 2.45) is 0 Å². The van der Waals surface area contributed by atoms with Crippen LogP contribution in [-0.4, -0.2) is 51.3 Å². The third kappa shape index (κ3) is 4.66. The van der Waals surface area contributed by atoms with E-state index in [0.717, 1.165) is 54.8 Å². The number of tetrazole rings is 1. The second-order valence-corrected chi connectivity index (χ2v) is 8.59. The zero-order valence-electron chi connectivity index (χ0n) is 18.8. The van der Waals surface area contributed by atoms with Crippen LogP contribution in [0.25, 0.3) is 17.0 Å². The van der Waals surface area contributed by atoms with E-state index in [1.54, 1.807) is 4.80 Å². The lowest BCUT2D eigenvalue weighted by Crippen LogP contribution is -2.46. The Morgan fingerprint density at radius 1 is 1.12 bits per heavy atom. The molecule has 5 rings (SSSR count). The van der Waals surface area contributed by atoms with Crippen LogP contribution < -0.4 is 15.4 Å². The van der Waals surface area contributed by atoms with E-state index in [2.05, 4.69) is 62.5 Å². The number of nitrogens with zero attached hydrogens (tertiary/aromatic N) is 4. The van der Waals surface area contributed by atoms with Gasteiger partial charge in [-0.3, -0.25) is 4.79 Å². The van der Waals surface area contributed by atoms with Crippen molar-refractivity contribution in [2.45, 2.75) is 38.3 Å². The number of piperidine rings is 1. The van der Waals surface area contributed by atoms with Gasteiger partial charge >= 0.3 is 0 Å². The molecule has 1 fully saturated rings.